The molecule has 0 aromatic carbocycles. The molecule has 2 N–H and O–H groups in total. The van der Waals surface area contributed by atoms with E-state index in [4.69, 9.17) is 5.11 Å². The average Bonchev–Trinajstić information content (AvgIpc) is 2.98. The van der Waals surface area contributed by atoms with Crippen LogP contribution < -0.4 is 10.2 Å². The zero-order valence-corrected chi connectivity index (χ0v) is 12.2. The molecule has 0 radical (unpaired) electrons. The molecule has 1 amide bonds. The normalized spacial score (nSPS) is 16.0. The summed E-state index contributed by atoms with van der Waals surface area (Å²) in [6.45, 7) is 5.26. The van der Waals surface area contributed by atoms with Crippen molar-refractivity contribution >= 4 is 17.8 Å². The number of carboxylic acids is 1. The Bertz CT molecular complexity index is 527. The second-order valence-corrected chi connectivity index (χ2v) is 5.47. The summed E-state index contributed by atoms with van der Waals surface area (Å²) in [5, 5.41) is 11.6. The number of nitrogens with one attached hydrogen (secondary N) is 1. The Morgan fingerprint density at radius 3 is 2.57 bits per heavy atom. The molecule has 0 spiro atoms. The van der Waals surface area contributed by atoms with Crippen molar-refractivity contribution < 1.29 is 14.7 Å². The number of nitrogens with zero attached hydrogens (tertiary/aromatic N) is 3. The van der Waals surface area contributed by atoms with Gasteiger partial charge in [-0.15, -0.1) is 0 Å². The fourth-order valence-corrected chi connectivity index (χ4v) is 2.27. The van der Waals surface area contributed by atoms with Crippen molar-refractivity contribution in [3.8, 4) is 0 Å². The quantitative estimate of drug-likeness (QED) is 0.837. The lowest BCUT2D eigenvalue weighted by atomic mass is 10.0. The molecule has 1 saturated heterocycles. The van der Waals surface area contributed by atoms with Crippen LogP contribution in [0.1, 0.15) is 37.2 Å². The van der Waals surface area contributed by atoms with Crippen LogP contribution in [0.4, 0.5) is 5.95 Å². The Morgan fingerprint density at radius 1 is 1.33 bits per heavy atom. The van der Waals surface area contributed by atoms with E-state index in [0.29, 0.717) is 5.95 Å². The molecular formula is C14H20N4O3. The molecule has 1 aliphatic heterocycles. The lowest BCUT2D eigenvalue weighted by Crippen LogP contribution is -2.44. The molecule has 7 nitrogen and oxygen atoms in total. The first kappa shape index (κ1) is 15.2. The molecule has 2 heterocycles. The SMILES string of the molecule is CC(C)[C@@H](NC(=O)c1ccnc(N2CCCC2)n1)C(=O)O. The molecule has 1 aromatic rings. The monoisotopic (exact) mass is 292 g/mol. The van der Waals surface area contributed by atoms with E-state index in [0.717, 1.165) is 25.9 Å². The number of rotatable bonds is 5. The van der Waals surface area contributed by atoms with Gasteiger partial charge in [-0.25, -0.2) is 14.8 Å². The maximum Gasteiger partial charge on any atom is 0.326 e. The lowest BCUT2D eigenvalue weighted by Gasteiger charge is -2.18. The number of anilines is 1. The van der Waals surface area contributed by atoms with Crippen LogP contribution in [0.15, 0.2) is 12.3 Å². The van der Waals surface area contributed by atoms with Crippen molar-refractivity contribution in [3.05, 3.63) is 18.0 Å². The summed E-state index contributed by atoms with van der Waals surface area (Å²) in [6.07, 6.45) is 3.71. The Kier molecular flexibility index (Phi) is 4.72. The Hall–Kier alpha value is -2.18. The van der Waals surface area contributed by atoms with E-state index in [1.807, 2.05) is 4.90 Å². The van der Waals surface area contributed by atoms with E-state index in [9.17, 15) is 9.59 Å². The van der Waals surface area contributed by atoms with E-state index >= 15 is 0 Å². The van der Waals surface area contributed by atoms with Gasteiger partial charge in [0.25, 0.3) is 5.91 Å². The van der Waals surface area contributed by atoms with Crippen LogP contribution >= 0.6 is 0 Å². The molecule has 1 atom stereocenters. The first-order valence-electron chi connectivity index (χ1n) is 7.10. The topological polar surface area (TPSA) is 95.4 Å². The van der Waals surface area contributed by atoms with Gasteiger partial charge in [0.15, 0.2) is 0 Å². The highest BCUT2D eigenvalue weighted by Gasteiger charge is 2.25. The predicted octanol–water partition coefficient (Wildman–Crippen LogP) is 0.916. The zero-order valence-electron chi connectivity index (χ0n) is 12.2. The van der Waals surface area contributed by atoms with Gasteiger partial charge in [-0.3, -0.25) is 4.79 Å². The van der Waals surface area contributed by atoms with E-state index in [-0.39, 0.29) is 11.6 Å². The van der Waals surface area contributed by atoms with E-state index in [1.54, 1.807) is 13.8 Å². The summed E-state index contributed by atoms with van der Waals surface area (Å²) in [6, 6.07) is 0.566. The first-order chi connectivity index (χ1) is 9.99. The minimum Gasteiger partial charge on any atom is -0.480 e. The number of carbonyl (C=O) groups is 2. The third kappa shape index (κ3) is 3.68. The van der Waals surface area contributed by atoms with Crippen LogP contribution in [0.3, 0.4) is 0 Å². The fourth-order valence-electron chi connectivity index (χ4n) is 2.27. The Morgan fingerprint density at radius 2 is 2.00 bits per heavy atom. The van der Waals surface area contributed by atoms with Crippen LogP contribution in [0.5, 0.6) is 0 Å². The maximum absolute atomic E-state index is 12.1. The summed E-state index contributed by atoms with van der Waals surface area (Å²) in [7, 11) is 0. The van der Waals surface area contributed by atoms with Crippen LogP contribution in [-0.2, 0) is 4.79 Å². The lowest BCUT2D eigenvalue weighted by molar-refractivity contribution is -0.140. The van der Waals surface area contributed by atoms with E-state index < -0.39 is 17.9 Å². The maximum atomic E-state index is 12.1. The van der Waals surface area contributed by atoms with Crippen molar-refractivity contribution in [2.75, 3.05) is 18.0 Å². The first-order valence-corrected chi connectivity index (χ1v) is 7.10. The third-order valence-corrected chi connectivity index (χ3v) is 3.48. The summed E-state index contributed by atoms with van der Waals surface area (Å²) in [4.78, 5) is 33.7. The highest BCUT2D eigenvalue weighted by atomic mass is 16.4. The summed E-state index contributed by atoms with van der Waals surface area (Å²) < 4.78 is 0. The molecule has 21 heavy (non-hydrogen) atoms. The van der Waals surface area contributed by atoms with Gasteiger partial charge in [0.2, 0.25) is 5.95 Å². The minimum atomic E-state index is -1.05. The smallest absolute Gasteiger partial charge is 0.326 e. The molecule has 7 heteroatoms. The van der Waals surface area contributed by atoms with Crippen molar-refractivity contribution in [3.63, 3.8) is 0 Å². The molecule has 2 rings (SSSR count). The van der Waals surface area contributed by atoms with E-state index in [1.165, 1.54) is 12.3 Å². The molecule has 1 aliphatic rings. The second kappa shape index (κ2) is 6.51. The van der Waals surface area contributed by atoms with Crippen molar-refractivity contribution in [2.24, 2.45) is 5.92 Å². The number of hydrogen-bond acceptors (Lipinski definition) is 5. The second-order valence-electron chi connectivity index (χ2n) is 5.47. The van der Waals surface area contributed by atoms with Gasteiger partial charge in [-0.1, -0.05) is 13.8 Å². The van der Waals surface area contributed by atoms with Crippen LogP contribution in [-0.4, -0.2) is 46.1 Å². The van der Waals surface area contributed by atoms with Crippen LogP contribution in [0.25, 0.3) is 0 Å². The minimum absolute atomic E-state index is 0.193. The van der Waals surface area contributed by atoms with Gasteiger partial charge in [0.1, 0.15) is 11.7 Å². The number of aromatic nitrogens is 2. The van der Waals surface area contributed by atoms with Crippen LogP contribution in [0, 0.1) is 5.92 Å². The fraction of sp³-hybridized carbons (Fsp3) is 0.571. The summed E-state index contributed by atoms with van der Waals surface area (Å²) >= 11 is 0. The Balaban J connectivity index is 2.11. The molecule has 0 saturated carbocycles. The summed E-state index contributed by atoms with van der Waals surface area (Å²) in [5.41, 5.74) is 0.193. The highest BCUT2D eigenvalue weighted by molar-refractivity contribution is 5.95. The Labute approximate surface area is 123 Å². The van der Waals surface area contributed by atoms with Crippen molar-refractivity contribution in [2.45, 2.75) is 32.7 Å². The van der Waals surface area contributed by atoms with Crippen molar-refractivity contribution in [1.82, 2.24) is 15.3 Å². The molecule has 0 bridgehead atoms. The van der Waals surface area contributed by atoms with Gasteiger partial charge in [-0.05, 0) is 24.8 Å². The number of aliphatic carboxylic acids is 1. The van der Waals surface area contributed by atoms with Gasteiger partial charge in [-0.2, -0.15) is 0 Å². The van der Waals surface area contributed by atoms with Gasteiger partial charge in [0.05, 0.1) is 0 Å². The third-order valence-electron chi connectivity index (χ3n) is 3.48. The highest BCUT2D eigenvalue weighted by Crippen LogP contribution is 2.15. The molecule has 0 unspecified atom stereocenters. The largest absolute Gasteiger partial charge is 0.480 e. The average molecular weight is 292 g/mol. The molecular weight excluding hydrogens is 272 g/mol. The van der Waals surface area contributed by atoms with Crippen LogP contribution in [0.2, 0.25) is 0 Å². The number of amides is 1. The van der Waals surface area contributed by atoms with Crippen molar-refractivity contribution in [1.29, 1.82) is 0 Å². The molecule has 1 aromatic heterocycles. The predicted molar refractivity (Wildman–Crippen MR) is 77.2 cm³/mol. The number of carbonyl (C=O) groups excluding carboxylic acids is 1. The molecule has 114 valence electrons. The number of carboxylic acid groups (broad SMARTS) is 1. The number of hydrogen-bond donors (Lipinski definition) is 2. The zero-order chi connectivity index (χ0) is 15.4. The van der Waals surface area contributed by atoms with Gasteiger partial charge < -0.3 is 15.3 Å². The molecule has 0 aliphatic carbocycles. The van der Waals surface area contributed by atoms with Gasteiger partial charge in [0, 0.05) is 19.3 Å². The van der Waals surface area contributed by atoms with Gasteiger partial charge >= 0.3 is 5.97 Å². The molecule has 1 fully saturated rings. The standard InChI is InChI=1S/C14H20N4O3/c1-9(2)11(13(20)21)17-12(19)10-5-6-15-14(16-10)18-7-3-4-8-18/h5-6,9,11H,3-4,7-8H2,1-2H3,(H,17,19)(H,20,21)/t11-/m1/s1. The summed E-state index contributed by atoms with van der Waals surface area (Å²) in [5.74, 6) is -1.21. The van der Waals surface area contributed by atoms with E-state index in [2.05, 4.69) is 15.3 Å².